The molecular formula is C13H21N3O. The molecular weight excluding hydrogens is 214 g/mol. The molecule has 1 aromatic heterocycles. The lowest BCUT2D eigenvalue weighted by atomic mass is 9.85. The molecule has 94 valence electrons. The maximum atomic E-state index is 8.94. The predicted octanol–water partition coefficient (Wildman–Crippen LogP) is 1.99. The quantitative estimate of drug-likeness (QED) is 0.851. The zero-order valence-electron chi connectivity index (χ0n) is 10.7. The first-order chi connectivity index (χ1) is 8.11. The first-order valence-corrected chi connectivity index (χ1v) is 6.29. The molecule has 0 unspecified atom stereocenters. The first kappa shape index (κ1) is 12.3. The Labute approximate surface area is 103 Å². The van der Waals surface area contributed by atoms with Gasteiger partial charge in [0.25, 0.3) is 0 Å². The largest absolute Gasteiger partial charge is 0.390 e. The Hall–Kier alpha value is -1.16. The molecule has 1 aliphatic heterocycles. The van der Waals surface area contributed by atoms with E-state index in [1.165, 1.54) is 19.3 Å². The number of rotatable bonds is 2. The lowest BCUT2D eigenvalue weighted by Crippen LogP contribution is -2.26. The van der Waals surface area contributed by atoms with Crippen molar-refractivity contribution in [2.45, 2.75) is 39.7 Å². The van der Waals surface area contributed by atoms with E-state index in [2.05, 4.69) is 28.9 Å². The number of hydrogen-bond donors (Lipinski definition) is 1. The van der Waals surface area contributed by atoms with E-state index in [0.29, 0.717) is 11.1 Å². The lowest BCUT2D eigenvalue weighted by molar-refractivity contribution is 0.275. The Kier molecular flexibility index (Phi) is 3.62. The van der Waals surface area contributed by atoms with E-state index in [1.807, 2.05) is 12.1 Å². The Bertz CT molecular complexity index is 361. The molecule has 4 heteroatoms. The zero-order chi connectivity index (χ0) is 12.3. The minimum Gasteiger partial charge on any atom is -0.390 e. The van der Waals surface area contributed by atoms with Crippen LogP contribution in [0.25, 0.3) is 0 Å². The van der Waals surface area contributed by atoms with Gasteiger partial charge < -0.3 is 10.0 Å². The Morgan fingerprint density at radius 2 is 2.06 bits per heavy atom. The molecule has 1 aliphatic rings. The normalized spacial score (nSPS) is 20.1. The van der Waals surface area contributed by atoms with Gasteiger partial charge in [-0.2, -0.15) is 5.10 Å². The molecule has 1 fully saturated rings. The molecule has 0 radical (unpaired) electrons. The van der Waals surface area contributed by atoms with Crippen molar-refractivity contribution in [2.75, 3.05) is 18.0 Å². The van der Waals surface area contributed by atoms with Gasteiger partial charge in [-0.05, 0) is 36.8 Å². The summed E-state index contributed by atoms with van der Waals surface area (Å²) in [4.78, 5) is 2.29. The molecule has 17 heavy (non-hydrogen) atoms. The molecule has 1 N–H and O–H groups in total. The van der Waals surface area contributed by atoms with E-state index >= 15 is 0 Å². The van der Waals surface area contributed by atoms with Gasteiger partial charge in [0.2, 0.25) is 0 Å². The van der Waals surface area contributed by atoms with Crippen LogP contribution in [0.4, 0.5) is 5.82 Å². The van der Waals surface area contributed by atoms with Crippen LogP contribution in [0.2, 0.25) is 0 Å². The smallest absolute Gasteiger partial charge is 0.151 e. The molecule has 1 saturated heterocycles. The van der Waals surface area contributed by atoms with E-state index in [1.54, 1.807) is 0 Å². The van der Waals surface area contributed by atoms with Gasteiger partial charge in [0, 0.05) is 13.1 Å². The molecule has 0 saturated carbocycles. The van der Waals surface area contributed by atoms with Gasteiger partial charge in [0.05, 0.1) is 12.3 Å². The molecule has 2 heterocycles. The topological polar surface area (TPSA) is 49.2 Å². The fourth-order valence-electron chi connectivity index (χ4n) is 2.26. The molecule has 0 atom stereocenters. The van der Waals surface area contributed by atoms with Crippen LogP contribution in [0, 0.1) is 5.41 Å². The van der Waals surface area contributed by atoms with Gasteiger partial charge in [0.1, 0.15) is 0 Å². The third-order valence-corrected chi connectivity index (χ3v) is 3.53. The fourth-order valence-corrected chi connectivity index (χ4v) is 2.26. The zero-order valence-corrected chi connectivity index (χ0v) is 10.7. The number of hydrogen-bond acceptors (Lipinski definition) is 4. The summed E-state index contributed by atoms with van der Waals surface area (Å²) in [6.07, 6.45) is 3.67. The van der Waals surface area contributed by atoms with E-state index in [0.717, 1.165) is 18.9 Å². The SMILES string of the molecule is CC1(C)CCCN(c2ccc(CO)nn2)CC1. The second-order valence-corrected chi connectivity index (χ2v) is 5.55. The van der Waals surface area contributed by atoms with Crippen molar-refractivity contribution in [3.63, 3.8) is 0 Å². The molecule has 1 aromatic rings. The minimum atomic E-state index is -0.0414. The van der Waals surface area contributed by atoms with E-state index in [9.17, 15) is 0 Å². The summed E-state index contributed by atoms with van der Waals surface area (Å²) in [5, 5.41) is 17.1. The van der Waals surface area contributed by atoms with E-state index in [-0.39, 0.29) is 6.61 Å². The van der Waals surface area contributed by atoms with Crippen LogP contribution in [0.5, 0.6) is 0 Å². The van der Waals surface area contributed by atoms with E-state index < -0.39 is 0 Å². The van der Waals surface area contributed by atoms with Crippen LogP contribution in [0.15, 0.2) is 12.1 Å². The van der Waals surface area contributed by atoms with Crippen molar-refractivity contribution < 1.29 is 5.11 Å². The standard InChI is InChI=1S/C13H21N3O/c1-13(2)6-3-8-16(9-7-13)12-5-4-11(10-17)14-15-12/h4-5,17H,3,6-10H2,1-2H3. The summed E-state index contributed by atoms with van der Waals surface area (Å²) in [5.74, 6) is 0.930. The summed E-state index contributed by atoms with van der Waals surface area (Å²) >= 11 is 0. The monoisotopic (exact) mass is 235 g/mol. The maximum Gasteiger partial charge on any atom is 0.151 e. The summed E-state index contributed by atoms with van der Waals surface area (Å²) in [7, 11) is 0. The predicted molar refractivity (Wildman–Crippen MR) is 67.8 cm³/mol. The molecule has 0 amide bonds. The van der Waals surface area contributed by atoms with Gasteiger partial charge in [-0.3, -0.25) is 0 Å². The minimum absolute atomic E-state index is 0.0414. The summed E-state index contributed by atoms with van der Waals surface area (Å²) < 4.78 is 0. The Balaban J connectivity index is 2.06. The van der Waals surface area contributed by atoms with Crippen molar-refractivity contribution in [1.29, 1.82) is 0 Å². The molecule has 4 nitrogen and oxygen atoms in total. The average Bonchev–Trinajstić information content (AvgIpc) is 2.50. The van der Waals surface area contributed by atoms with Gasteiger partial charge in [-0.15, -0.1) is 5.10 Å². The van der Waals surface area contributed by atoms with Crippen LogP contribution >= 0.6 is 0 Å². The van der Waals surface area contributed by atoms with Crippen LogP contribution < -0.4 is 4.90 Å². The van der Waals surface area contributed by atoms with Crippen molar-refractivity contribution in [3.05, 3.63) is 17.8 Å². The third kappa shape index (κ3) is 3.16. The van der Waals surface area contributed by atoms with Crippen LogP contribution in [-0.4, -0.2) is 28.4 Å². The van der Waals surface area contributed by atoms with Crippen molar-refractivity contribution in [3.8, 4) is 0 Å². The molecule has 0 spiro atoms. The van der Waals surface area contributed by atoms with Gasteiger partial charge in [-0.25, -0.2) is 0 Å². The first-order valence-electron chi connectivity index (χ1n) is 6.29. The van der Waals surface area contributed by atoms with Crippen molar-refractivity contribution in [2.24, 2.45) is 5.41 Å². The second kappa shape index (κ2) is 5.00. The lowest BCUT2D eigenvalue weighted by Gasteiger charge is -2.23. The number of aliphatic hydroxyl groups is 1. The van der Waals surface area contributed by atoms with Gasteiger partial charge in [-0.1, -0.05) is 13.8 Å². The van der Waals surface area contributed by atoms with Crippen LogP contribution in [0.1, 0.15) is 38.8 Å². The average molecular weight is 235 g/mol. The highest BCUT2D eigenvalue weighted by Crippen LogP contribution is 2.30. The molecule has 2 rings (SSSR count). The Morgan fingerprint density at radius 3 is 2.71 bits per heavy atom. The third-order valence-electron chi connectivity index (χ3n) is 3.53. The van der Waals surface area contributed by atoms with Crippen LogP contribution in [0.3, 0.4) is 0 Å². The number of aliphatic hydroxyl groups excluding tert-OH is 1. The fraction of sp³-hybridized carbons (Fsp3) is 0.692. The highest BCUT2D eigenvalue weighted by Gasteiger charge is 2.23. The summed E-state index contributed by atoms with van der Waals surface area (Å²) in [5.41, 5.74) is 1.07. The van der Waals surface area contributed by atoms with Gasteiger partial charge in [0.15, 0.2) is 5.82 Å². The highest BCUT2D eigenvalue weighted by molar-refractivity contribution is 5.37. The molecule has 0 aromatic carbocycles. The highest BCUT2D eigenvalue weighted by atomic mass is 16.3. The molecule has 0 bridgehead atoms. The summed E-state index contributed by atoms with van der Waals surface area (Å²) in [6.45, 7) is 6.71. The second-order valence-electron chi connectivity index (χ2n) is 5.55. The number of anilines is 1. The maximum absolute atomic E-state index is 8.94. The van der Waals surface area contributed by atoms with Crippen molar-refractivity contribution in [1.82, 2.24) is 10.2 Å². The number of nitrogens with zero attached hydrogens (tertiary/aromatic N) is 3. The van der Waals surface area contributed by atoms with Crippen molar-refractivity contribution >= 4 is 5.82 Å². The summed E-state index contributed by atoms with van der Waals surface area (Å²) in [6, 6.07) is 3.80. The van der Waals surface area contributed by atoms with Gasteiger partial charge >= 0.3 is 0 Å². The molecule has 0 aliphatic carbocycles. The van der Waals surface area contributed by atoms with E-state index in [4.69, 9.17) is 5.11 Å². The Morgan fingerprint density at radius 1 is 1.24 bits per heavy atom. The van der Waals surface area contributed by atoms with Crippen LogP contribution in [-0.2, 0) is 6.61 Å². The number of aromatic nitrogens is 2.